The van der Waals surface area contributed by atoms with Crippen molar-refractivity contribution in [2.75, 3.05) is 19.8 Å². The number of carbonyl (C=O) groups excluding carboxylic acids is 1. The molecule has 0 atom stereocenters. The lowest BCUT2D eigenvalue weighted by atomic mass is 10.2. The molecule has 0 spiro atoms. The fraction of sp³-hybridized carbons (Fsp3) is 0.533. The molecular weight excluding hydrogens is 256 g/mol. The van der Waals surface area contributed by atoms with Gasteiger partial charge in [0.15, 0.2) is 5.79 Å². The number of rotatable bonds is 5. The highest BCUT2D eigenvalue weighted by Gasteiger charge is 2.28. The van der Waals surface area contributed by atoms with Crippen LogP contribution in [-0.2, 0) is 16.0 Å². The molecule has 1 aromatic rings. The molecular formula is C15H22N2O3. The number of nitrogens with one attached hydrogen (secondary N) is 2. The summed E-state index contributed by atoms with van der Waals surface area (Å²) in [7, 11) is 0. The van der Waals surface area contributed by atoms with E-state index in [0.29, 0.717) is 19.5 Å². The molecule has 2 rings (SSSR count). The number of hydrogen-bond acceptors (Lipinski definition) is 3. The highest BCUT2D eigenvalue weighted by molar-refractivity contribution is 5.73. The number of benzene rings is 1. The van der Waals surface area contributed by atoms with Crippen molar-refractivity contribution in [1.82, 2.24) is 10.6 Å². The summed E-state index contributed by atoms with van der Waals surface area (Å²) in [6.45, 7) is 4.40. The number of amides is 2. The van der Waals surface area contributed by atoms with E-state index < -0.39 is 5.79 Å². The number of hydrogen-bond donors (Lipinski definition) is 2. The molecule has 1 aliphatic heterocycles. The topological polar surface area (TPSA) is 59.6 Å². The third kappa shape index (κ3) is 4.83. The number of carbonyl (C=O) groups is 1. The minimum absolute atomic E-state index is 0.173. The summed E-state index contributed by atoms with van der Waals surface area (Å²) in [6, 6.07) is 9.64. The van der Waals surface area contributed by atoms with Crippen LogP contribution in [0.2, 0.25) is 0 Å². The van der Waals surface area contributed by atoms with E-state index in [0.717, 1.165) is 25.2 Å². The number of urea groups is 1. The number of ether oxygens (including phenoxy) is 2. The molecule has 0 radical (unpaired) electrons. The smallest absolute Gasteiger partial charge is 0.315 e. The molecule has 2 amide bonds. The Hall–Kier alpha value is -1.59. The van der Waals surface area contributed by atoms with E-state index in [1.54, 1.807) is 0 Å². The van der Waals surface area contributed by atoms with Gasteiger partial charge < -0.3 is 20.1 Å². The molecule has 20 heavy (non-hydrogen) atoms. The van der Waals surface area contributed by atoms with Crippen LogP contribution in [0.5, 0.6) is 0 Å². The van der Waals surface area contributed by atoms with Gasteiger partial charge in [0.2, 0.25) is 0 Å². The van der Waals surface area contributed by atoms with Gasteiger partial charge >= 0.3 is 6.03 Å². The summed E-state index contributed by atoms with van der Waals surface area (Å²) in [5.41, 5.74) is 1.08. The fourth-order valence-corrected chi connectivity index (χ4v) is 2.06. The minimum Gasteiger partial charge on any atom is -0.350 e. The Bertz CT molecular complexity index is 416. The Morgan fingerprint density at radius 3 is 2.60 bits per heavy atom. The summed E-state index contributed by atoms with van der Waals surface area (Å²) in [4.78, 5) is 11.7. The lowest BCUT2D eigenvalue weighted by Gasteiger charge is -2.33. The van der Waals surface area contributed by atoms with Gasteiger partial charge in [-0.3, -0.25) is 0 Å². The first-order valence-corrected chi connectivity index (χ1v) is 7.01. The van der Waals surface area contributed by atoms with E-state index in [-0.39, 0.29) is 6.03 Å². The van der Waals surface area contributed by atoms with E-state index in [2.05, 4.69) is 10.6 Å². The predicted molar refractivity (Wildman–Crippen MR) is 76.2 cm³/mol. The second-order valence-electron chi connectivity index (χ2n) is 5.03. The van der Waals surface area contributed by atoms with Crippen LogP contribution in [0.25, 0.3) is 0 Å². The van der Waals surface area contributed by atoms with Crippen LogP contribution in [0, 0.1) is 0 Å². The Labute approximate surface area is 119 Å². The Morgan fingerprint density at radius 2 is 1.90 bits per heavy atom. The summed E-state index contributed by atoms with van der Waals surface area (Å²) in [5.74, 6) is -0.565. The molecule has 0 aliphatic carbocycles. The van der Waals surface area contributed by atoms with Gasteiger partial charge in [-0.1, -0.05) is 30.3 Å². The first-order valence-electron chi connectivity index (χ1n) is 7.01. The Kier molecular flexibility index (Phi) is 5.38. The maximum Gasteiger partial charge on any atom is 0.315 e. The standard InChI is InChI=1S/C15H22N2O3/c1-15(19-10-5-11-20-15)8-9-16-14(18)17-12-13-6-3-2-4-7-13/h2-4,6-7H,5,8-12H2,1H3,(H2,16,17,18). The van der Waals surface area contributed by atoms with Gasteiger partial charge in [-0.25, -0.2) is 4.79 Å². The highest BCUT2D eigenvalue weighted by Crippen LogP contribution is 2.21. The second-order valence-corrected chi connectivity index (χ2v) is 5.03. The van der Waals surface area contributed by atoms with Crippen molar-refractivity contribution in [1.29, 1.82) is 0 Å². The summed E-state index contributed by atoms with van der Waals surface area (Å²) in [6.07, 6.45) is 1.58. The largest absolute Gasteiger partial charge is 0.350 e. The molecule has 1 aromatic carbocycles. The van der Waals surface area contributed by atoms with E-state index in [9.17, 15) is 4.79 Å². The van der Waals surface area contributed by atoms with Gasteiger partial charge in [0.1, 0.15) is 0 Å². The van der Waals surface area contributed by atoms with Gasteiger partial charge in [0.05, 0.1) is 13.2 Å². The molecule has 110 valence electrons. The predicted octanol–water partition coefficient (Wildman–Crippen LogP) is 2.03. The average Bonchev–Trinajstić information content (AvgIpc) is 2.47. The van der Waals surface area contributed by atoms with Crippen LogP contribution in [0.3, 0.4) is 0 Å². The normalized spacial score (nSPS) is 17.4. The Balaban J connectivity index is 1.63. The maximum absolute atomic E-state index is 11.7. The van der Waals surface area contributed by atoms with Gasteiger partial charge in [-0.15, -0.1) is 0 Å². The van der Waals surface area contributed by atoms with Gasteiger partial charge in [-0.2, -0.15) is 0 Å². The van der Waals surface area contributed by atoms with Gasteiger partial charge in [0.25, 0.3) is 0 Å². The SMILES string of the molecule is CC1(CCNC(=O)NCc2ccccc2)OCCCO1. The zero-order valence-corrected chi connectivity index (χ0v) is 11.9. The zero-order chi connectivity index (χ0) is 14.3. The molecule has 1 fully saturated rings. The van der Waals surface area contributed by atoms with Gasteiger partial charge in [0, 0.05) is 19.5 Å². The van der Waals surface area contributed by atoms with Gasteiger partial charge in [-0.05, 0) is 18.9 Å². The molecule has 5 nitrogen and oxygen atoms in total. The summed E-state index contributed by atoms with van der Waals surface area (Å²) >= 11 is 0. The molecule has 2 N–H and O–H groups in total. The average molecular weight is 278 g/mol. The summed E-state index contributed by atoms with van der Waals surface area (Å²) < 4.78 is 11.2. The van der Waals surface area contributed by atoms with Crippen molar-refractivity contribution < 1.29 is 14.3 Å². The van der Waals surface area contributed by atoms with Crippen molar-refractivity contribution in [3.8, 4) is 0 Å². The fourth-order valence-electron chi connectivity index (χ4n) is 2.06. The van der Waals surface area contributed by atoms with Crippen molar-refractivity contribution in [3.63, 3.8) is 0 Å². The molecule has 1 heterocycles. The van der Waals surface area contributed by atoms with Crippen molar-refractivity contribution in [2.24, 2.45) is 0 Å². The quantitative estimate of drug-likeness (QED) is 0.866. The Morgan fingerprint density at radius 1 is 1.20 bits per heavy atom. The van der Waals surface area contributed by atoms with Crippen molar-refractivity contribution >= 4 is 6.03 Å². The second kappa shape index (κ2) is 7.26. The van der Waals surface area contributed by atoms with Crippen LogP contribution in [0.1, 0.15) is 25.3 Å². The van der Waals surface area contributed by atoms with Crippen molar-refractivity contribution in [2.45, 2.75) is 32.1 Å². The lowest BCUT2D eigenvalue weighted by molar-refractivity contribution is -0.257. The molecule has 0 aromatic heterocycles. The van der Waals surface area contributed by atoms with E-state index >= 15 is 0 Å². The molecule has 0 saturated carbocycles. The van der Waals surface area contributed by atoms with E-state index in [1.165, 1.54) is 0 Å². The molecule has 0 bridgehead atoms. The monoisotopic (exact) mass is 278 g/mol. The van der Waals surface area contributed by atoms with E-state index in [1.807, 2.05) is 37.3 Å². The first kappa shape index (κ1) is 14.8. The first-order chi connectivity index (χ1) is 9.68. The molecule has 1 saturated heterocycles. The third-order valence-electron chi connectivity index (χ3n) is 3.26. The third-order valence-corrected chi connectivity index (χ3v) is 3.26. The molecule has 1 aliphatic rings. The van der Waals surface area contributed by atoms with Crippen molar-refractivity contribution in [3.05, 3.63) is 35.9 Å². The zero-order valence-electron chi connectivity index (χ0n) is 11.9. The summed E-state index contributed by atoms with van der Waals surface area (Å²) in [5, 5.41) is 5.63. The molecule has 5 heteroatoms. The lowest BCUT2D eigenvalue weighted by Crippen LogP contribution is -2.42. The van der Waals surface area contributed by atoms with E-state index in [4.69, 9.17) is 9.47 Å². The van der Waals surface area contributed by atoms with Crippen LogP contribution in [-0.4, -0.2) is 31.6 Å². The van der Waals surface area contributed by atoms with Crippen LogP contribution < -0.4 is 10.6 Å². The minimum atomic E-state index is -0.565. The van der Waals surface area contributed by atoms with Crippen LogP contribution in [0.15, 0.2) is 30.3 Å². The van der Waals surface area contributed by atoms with Crippen LogP contribution >= 0.6 is 0 Å². The van der Waals surface area contributed by atoms with Crippen LogP contribution in [0.4, 0.5) is 4.79 Å². The molecule has 0 unspecified atom stereocenters. The highest BCUT2D eigenvalue weighted by atomic mass is 16.7. The maximum atomic E-state index is 11.7.